The van der Waals surface area contributed by atoms with E-state index < -0.39 is 7.82 Å². The molecule has 0 rings (SSSR count). The molecular formula is C6H13O4P. The van der Waals surface area contributed by atoms with Crippen LogP contribution in [-0.2, 0) is 9.09 Å². The summed E-state index contributed by atoms with van der Waals surface area (Å²) in [6, 6.07) is 0. The van der Waals surface area contributed by atoms with Crippen molar-refractivity contribution in [1.29, 1.82) is 0 Å². The second-order valence-corrected chi connectivity index (χ2v) is 3.35. The third-order valence-corrected chi connectivity index (χ3v) is 1.58. The zero-order chi connectivity index (χ0) is 8.74. The van der Waals surface area contributed by atoms with E-state index >= 15 is 0 Å². The molecule has 0 fully saturated rings. The summed E-state index contributed by atoms with van der Waals surface area (Å²) < 4.78 is 14.3. The van der Waals surface area contributed by atoms with Crippen molar-refractivity contribution in [2.45, 2.75) is 19.3 Å². The van der Waals surface area contributed by atoms with E-state index in [9.17, 15) is 4.57 Å². The SMILES string of the molecule is C=CCCCCOP(=O)(O)O. The Morgan fingerprint density at radius 2 is 2.09 bits per heavy atom. The predicted octanol–water partition coefficient (Wildman–Crippen LogP) is 1.45. The lowest BCUT2D eigenvalue weighted by Crippen LogP contribution is -1.91. The highest BCUT2D eigenvalue weighted by Gasteiger charge is 2.11. The van der Waals surface area contributed by atoms with Crippen molar-refractivity contribution in [3.05, 3.63) is 12.7 Å². The van der Waals surface area contributed by atoms with E-state index in [2.05, 4.69) is 11.1 Å². The van der Waals surface area contributed by atoms with Gasteiger partial charge in [0.2, 0.25) is 0 Å². The molecule has 4 nitrogen and oxygen atoms in total. The van der Waals surface area contributed by atoms with Crippen LogP contribution in [0, 0.1) is 0 Å². The summed E-state index contributed by atoms with van der Waals surface area (Å²) in [6.45, 7) is 3.62. The van der Waals surface area contributed by atoms with Gasteiger partial charge in [0.05, 0.1) is 6.61 Å². The van der Waals surface area contributed by atoms with Gasteiger partial charge in [-0.15, -0.1) is 6.58 Å². The molecule has 0 aromatic heterocycles. The summed E-state index contributed by atoms with van der Waals surface area (Å²) in [6.07, 6.45) is 4.11. The highest BCUT2D eigenvalue weighted by atomic mass is 31.2. The second-order valence-electron chi connectivity index (χ2n) is 2.11. The molecular weight excluding hydrogens is 167 g/mol. The first kappa shape index (κ1) is 10.8. The van der Waals surface area contributed by atoms with Gasteiger partial charge in [-0.2, -0.15) is 0 Å². The maximum atomic E-state index is 10.1. The van der Waals surface area contributed by atoms with Crippen LogP contribution >= 0.6 is 7.82 Å². The standard InChI is InChI=1S/C6H13O4P/c1-2-3-4-5-6-10-11(7,8)9/h2H,1,3-6H2,(H2,7,8,9). The van der Waals surface area contributed by atoms with Gasteiger partial charge in [-0.25, -0.2) is 4.57 Å². The predicted molar refractivity (Wildman–Crippen MR) is 42.0 cm³/mol. The summed E-state index contributed by atoms with van der Waals surface area (Å²) in [4.78, 5) is 16.5. The van der Waals surface area contributed by atoms with Crippen LogP contribution in [-0.4, -0.2) is 16.4 Å². The Labute approximate surface area is 66.1 Å². The normalized spacial score (nSPS) is 11.5. The number of phosphoric acid groups is 1. The van der Waals surface area contributed by atoms with Crippen molar-refractivity contribution in [3.8, 4) is 0 Å². The van der Waals surface area contributed by atoms with Gasteiger partial charge in [-0.3, -0.25) is 4.52 Å². The van der Waals surface area contributed by atoms with Crippen molar-refractivity contribution in [2.75, 3.05) is 6.61 Å². The molecule has 0 atom stereocenters. The minimum absolute atomic E-state index is 0.109. The molecule has 0 aromatic carbocycles. The number of hydrogen-bond donors (Lipinski definition) is 2. The molecule has 0 saturated carbocycles. The third kappa shape index (κ3) is 9.85. The van der Waals surface area contributed by atoms with Gasteiger partial charge in [-0.1, -0.05) is 6.08 Å². The van der Waals surface area contributed by atoms with Crippen molar-refractivity contribution in [1.82, 2.24) is 0 Å². The quantitative estimate of drug-likeness (QED) is 0.369. The fourth-order valence-electron chi connectivity index (χ4n) is 0.574. The molecule has 2 N–H and O–H groups in total. The van der Waals surface area contributed by atoms with Gasteiger partial charge >= 0.3 is 7.82 Å². The van der Waals surface area contributed by atoms with Crippen LogP contribution < -0.4 is 0 Å². The van der Waals surface area contributed by atoms with E-state index in [0.29, 0.717) is 6.42 Å². The van der Waals surface area contributed by atoms with Crippen LogP contribution in [0.2, 0.25) is 0 Å². The van der Waals surface area contributed by atoms with E-state index in [0.717, 1.165) is 12.8 Å². The van der Waals surface area contributed by atoms with E-state index in [-0.39, 0.29) is 6.61 Å². The molecule has 11 heavy (non-hydrogen) atoms. The van der Waals surface area contributed by atoms with Crippen LogP contribution in [0.4, 0.5) is 0 Å². The first-order chi connectivity index (χ1) is 5.06. The maximum absolute atomic E-state index is 10.1. The molecule has 0 aliphatic rings. The Morgan fingerprint density at radius 1 is 1.45 bits per heavy atom. The fourth-order valence-corrected chi connectivity index (χ4v) is 0.941. The minimum Gasteiger partial charge on any atom is -0.303 e. The monoisotopic (exact) mass is 180 g/mol. The van der Waals surface area contributed by atoms with Gasteiger partial charge < -0.3 is 9.79 Å². The topological polar surface area (TPSA) is 66.8 Å². The van der Waals surface area contributed by atoms with Crippen molar-refractivity contribution in [2.24, 2.45) is 0 Å². The Balaban J connectivity index is 3.15. The van der Waals surface area contributed by atoms with E-state index in [4.69, 9.17) is 9.79 Å². The molecule has 0 amide bonds. The van der Waals surface area contributed by atoms with Gasteiger partial charge in [0, 0.05) is 0 Å². The highest BCUT2D eigenvalue weighted by Crippen LogP contribution is 2.35. The van der Waals surface area contributed by atoms with Crippen LogP contribution in [0.25, 0.3) is 0 Å². The number of allylic oxidation sites excluding steroid dienone is 1. The smallest absolute Gasteiger partial charge is 0.303 e. The fraction of sp³-hybridized carbons (Fsp3) is 0.667. The zero-order valence-corrected chi connectivity index (χ0v) is 7.17. The van der Waals surface area contributed by atoms with Gasteiger partial charge in [0.25, 0.3) is 0 Å². The molecule has 0 radical (unpaired) electrons. The number of phosphoric ester groups is 1. The minimum atomic E-state index is -4.24. The molecule has 0 heterocycles. The summed E-state index contributed by atoms with van der Waals surface area (Å²) in [5.41, 5.74) is 0. The Kier molecular flexibility index (Phi) is 5.42. The largest absolute Gasteiger partial charge is 0.469 e. The molecule has 0 aromatic rings. The summed E-state index contributed by atoms with van der Waals surface area (Å²) in [7, 11) is -4.24. The third-order valence-electron chi connectivity index (χ3n) is 1.06. The van der Waals surface area contributed by atoms with Crippen molar-refractivity contribution < 1.29 is 18.9 Å². The molecule has 0 saturated heterocycles. The molecule has 0 spiro atoms. The highest BCUT2D eigenvalue weighted by molar-refractivity contribution is 7.46. The van der Waals surface area contributed by atoms with E-state index in [1.165, 1.54) is 0 Å². The van der Waals surface area contributed by atoms with Crippen LogP contribution in [0.3, 0.4) is 0 Å². The van der Waals surface area contributed by atoms with Crippen LogP contribution in [0.5, 0.6) is 0 Å². The Bertz CT molecular complexity index is 151. The average Bonchev–Trinajstić information content (AvgIpc) is 1.85. The van der Waals surface area contributed by atoms with Gasteiger partial charge in [0.15, 0.2) is 0 Å². The Morgan fingerprint density at radius 3 is 2.55 bits per heavy atom. The molecule has 0 bridgehead atoms. The lowest BCUT2D eigenvalue weighted by atomic mass is 10.2. The average molecular weight is 180 g/mol. The summed E-state index contributed by atoms with van der Waals surface area (Å²) in [5, 5.41) is 0. The van der Waals surface area contributed by atoms with Crippen molar-refractivity contribution >= 4 is 7.82 Å². The molecule has 0 aliphatic carbocycles. The summed E-state index contributed by atoms with van der Waals surface area (Å²) in [5.74, 6) is 0. The first-order valence-electron chi connectivity index (χ1n) is 3.37. The van der Waals surface area contributed by atoms with Gasteiger partial charge in [0.1, 0.15) is 0 Å². The molecule has 66 valence electrons. The van der Waals surface area contributed by atoms with Crippen LogP contribution in [0.15, 0.2) is 12.7 Å². The van der Waals surface area contributed by atoms with Crippen LogP contribution in [0.1, 0.15) is 19.3 Å². The Hall–Kier alpha value is -0.150. The van der Waals surface area contributed by atoms with E-state index in [1.54, 1.807) is 6.08 Å². The lowest BCUT2D eigenvalue weighted by molar-refractivity contribution is 0.194. The maximum Gasteiger partial charge on any atom is 0.469 e. The molecule has 0 unspecified atom stereocenters. The lowest BCUT2D eigenvalue weighted by Gasteiger charge is -2.03. The molecule has 5 heteroatoms. The van der Waals surface area contributed by atoms with Gasteiger partial charge in [-0.05, 0) is 19.3 Å². The summed E-state index contributed by atoms with van der Waals surface area (Å²) >= 11 is 0. The van der Waals surface area contributed by atoms with Crippen molar-refractivity contribution in [3.63, 3.8) is 0 Å². The number of rotatable bonds is 6. The number of hydrogen-bond acceptors (Lipinski definition) is 2. The number of unbranched alkanes of at least 4 members (excludes halogenated alkanes) is 2. The van der Waals surface area contributed by atoms with E-state index in [1.807, 2.05) is 0 Å². The zero-order valence-electron chi connectivity index (χ0n) is 6.27. The second kappa shape index (κ2) is 5.49. The molecule has 0 aliphatic heterocycles. The first-order valence-corrected chi connectivity index (χ1v) is 4.90.